The summed E-state index contributed by atoms with van der Waals surface area (Å²) in [6.45, 7) is 5.62. The van der Waals surface area contributed by atoms with Gasteiger partial charge in [0.05, 0.1) is 6.61 Å². The molecule has 0 saturated carbocycles. The number of hydrogen-bond acceptors (Lipinski definition) is 3. The third-order valence-corrected chi connectivity index (χ3v) is 2.56. The lowest BCUT2D eigenvalue weighted by Crippen LogP contribution is -2.39. The van der Waals surface area contributed by atoms with Gasteiger partial charge < -0.3 is 4.74 Å². The van der Waals surface area contributed by atoms with Gasteiger partial charge in [0.25, 0.3) is 0 Å². The zero-order valence-electron chi connectivity index (χ0n) is 10.6. The first-order valence-corrected chi connectivity index (χ1v) is 5.85. The van der Waals surface area contributed by atoms with Gasteiger partial charge in [0.1, 0.15) is 5.41 Å². The summed E-state index contributed by atoms with van der Waals surface area (Å²) in [5, 5.41) is 3.08. The summed E-state index contributed by atoms with van der Waals surface area (Å²) >= 11 is 0. The van der Waals surface area contributed by atoms with E-state index in [0.717, 1.165) is 0 Å². The van der Waals surface area contributed by atoms with Crippen LogP contribution in [0.2, 0.25) is 0 Å². The molecular formula is C11H19N3O3. The second-order valence-electron chi connectivity index (χ2n) is 3.80. The Bertz CT molecular complexity index is 316. The molecule has 0 aliphatic carbocycles. The molecule has 0 heterocycles. The molecule has 0 aromatic rings. The van der Waals surface area contributed by atoms with Crippen molar-refractivity contribution >= 4 is 11.9 Å². The minimum atomic E-state index is -1.30. The molecule has 0 rings (SSSR count). The number of amides is 1. The van der Waals surface area contributed by atoms with E-state index in [9.17, 15) is 9.59 Å². The van der Waals surface area contributed by atoms with E-state index in [1.807, 2.05) is 13.8 Å². The third-order valence-electron chi connectivity index (χ3n) is 2.56. The van der Waals surface area contributed by atoms with E-state index in [-0.39, 0.29) is 6.61 Å². The Morgan fingerprint density at radius 1 is 1.24 bits per heavy atom. The average Bonchev–Trinajstić information content (AvgIpc) is 2.29. The van der Waals surface area contributed by atoms with Gasteiger partial charge in [-0.15, -0.1) is 0 Å². The van der Waals surface area contributed by atoms with E-state index in [1.165, 1.54) is 0 Å². The smallest absolute Gasteiger partial charge is 0.319 e. The molecule has 0 fully saturated rings. The highest BCUT2D eigenvalue weighted by atomic mass is 16.5. The lowest BCUT2D eigenvalue weighted by atomic mass is 9.78. The first-order valence-electron chi connectivity index (χ1n) is 5.85. The van der Waals surface area contributed by atoms with Crippen LogP contribution in [-0.4, -0.2) is 18.5 Å². The number of rotatable bonds is 7. The van der Waals surface area contributed by atoms with E-state index in [0.29, 0.717) is 25.7 Å². The quantitative estimate of drug-likeness (QED) is 0.225. The standard InChI is InChI=1S/C11H19N3O3/c1-4-7-11(8-5-2,9(15)13-14-12)10(16)17-6-3/h4-8H2,1-3H3. The van der Waals surface area contributed by atoms with Crippen molar-refractivity contribution in [3.63, 3.8) is 0 Å². The lowest BCUT2D eigenvalue weighted by Gasteiger charge is -2.27. The van der Waals surface area contributed by atoms with Crippen LogP contribution in [0.5, 0.6) is 0 Å². The van der Waals surface area contributed by atoms with Crippen LogP contribution in [0.15, 0.2) is 5.11 Å². The summed E-state index contributed by atoms with van der Waals surface area (Å²) in [5.41, 5.74) is 7.03. The van der Waals surface area contributed by atoms with E-state index >= 15 is 0 Å². The van der Waals surface area contributed by atoms with E-state index in [2.05, 4.69) is 10.0 Å². The maximum absolute atomic E-state index is 11.9. The Morgan fingerprint density at radius 2 is 1.76 bits per heavy atom. The summed E-state index contributed by atoms with van der Waals surface area (Å²) in [6.07, 6.45) is 1.98. The summed E-state index contributed by atoms with van der Waals surface area (Å²) in [7, 11) is 0. The molecule has 0 radical (unpaired) electrons. The molecule has 6 nitrogen and oxygen atoms in total. The maximum Gasteiger partial charge on any atom is 0.319 e. The Morgan fingerprint density at radius 3 is 2.12 bits per heavy atom. The molecule has 0 bridgehead atoms. The van der Waals surface area contributed by atoms with Crippen LogP contribution >= 0.6 is 0 Å². The monoisotopic (exact) mass is 241 g/mol. The van der Waals surface area contributed by atoms with Gasteiger partial charge in [0.2, 0.25) is 5.91 Å². The van der Waals surface area contributed by atoms with Gasteiger partial charge >= 0.3 is 5.97 Å². The van der Waals surface area contributed by atoms with Crippen LogP contribution in [0.4, 0.5) is 0 Å². The SMILES string of the molecule is CCCC(CCC)(C(=O)N=[N+]=[N-])C(=O)OCC. The highest BCUT2D eigenvalue weighted by Gasteiger charge is 2.44. The van der Waals surface area contributed by atoms with Crippen LogP contribution in [0.3, 0.4) is 0 Å². The van der Waals surface area contributed by atoms with Crippen LogP contribution in [-0.2, 0) is 14.3 Å². The number of azide groups is 1. The summed E-state index contributed by atoms with van der Waals surface area (Å²) < 4.78 is 4.94. The first-order chi connectivity index (χ1) is 8.08. The molecule has 0 aromatic heterocycles. The molecule has 1 amide bonds. The van der Waals surface area contributed by atoms with Crippen LogP contribution in [0, 0.1) is 5.41 Å². The molecule has 0 spiro atoms. The van der Waals surface area contributed by atoms with Gasteiger partial charge in [-0.3, -0.25) is 9.59 Å². The number of esters is 1. The molecule has 0 aliphatic rings. The van der Waals surface area contributed by atoms with E-state index in [1.54, 1.807) is 6.92 Å². The van der Waals surface area contributed by atoms with Crippen molar-refractivity contribution in [2.75, 3.05) is 6.61 Å². The predicted octanol–water partition coefficient (Wildman–Crippen LogP) is 2.97. The number of hydrogen-bond donors (Lipinski definition) is 0. The molecule has 0 atom stereocenters. The van der Waals surface area contributed by atoms with Gasteiger partial charge in [-0.25, -0.2) is 0 Å². The molecule has 17 heavy (non-hydrogen) atoms. The number of carbonyl (C=O) groups is 2. The first kappa shape index (κ1) is 15.4. The van der Waals surface area contributed by atoms with Gasteiger partial charge in [0, 0.05) is 4.91 Å². The molecule has 0 N–H and O–H groups in total. The van der Waals surface area contributed by atoms with Gasteiger partial charge in [-0.2, -0.15) is 0 Å². The maximum atomic E-state index is 11.9. The van der Waals surface area contributed by atoms with Crippen molar-refractivity contribution in [1.82, 2.24) is 0 Å². The molecule has 0 saturated heterocycles. The molecule has 0 aromatic carbocycles. The molecular weight excluding hydrogens is 222 g/mol. The van der Waals surface area contributed by atoms with Gasteiger partial charge in [0.15, 0.2) is 0 Å². The average molecular weight is 241 g/mol. The Labute approximate surface area is 101 Å². The van der Waals surface area contributed by atoms with Gasteiger partial charge in [-0.1, -0.05) is 26.7 Å². The fourth-order valence-electron chi connectivity index (χ4n) is 1.89. The number of carbonyl (C=O) groups excluding carboxylic acids is 2. The highest BCUT2D eigenvalue weighted by Crippen LogP contribution is 2.33. The highest BCUT2D eigenvalue weighted by molar-refractivity contribution is 6.03. The second kappa shape index (κ2) is 7.68. The van der Waals surface area contributed by atoms with Crippen molar-refractivity contribution in [3.8, 4) is 0 Å². The van der Waals surface area contributed by atoms with Gasteiger partial charge in [-0.05, 0) is 30.4 Å². The Hall–Kier alpha value is -1.55. The fourth-order valence-corrected chi connectivity index (χ4v) is 1.89. The van der Waals surface area contributed by atoms with Crippen molar-refractivity contribution in [2.24, 2.45) is 10.5 Å². The van der Waals surface area contributed by atoms with Crippen molar-refractivity contribution in [3.05, 3.63) is 10.4 Å². The summed E-state index contributed by atoms with van der Waals surface area (Å²) in [5.74, 6) is -1.32. The van der Waals surface area contributed by atoms with E-state index in [4.69, 9.17) is 10.3 Å². The number of nitrogens with zero attached hydrogens (tertiary/aromatic N) is 3. The second-order valence-corrected chi connectivity index (χ2v) is 3.80. The number of ether oxygens (including phenoxy) is 1. The Kier molecular flexibility index (Phi) is 6.98. The molecule has 96 valence electrons. The fraction of sp³-hybridized carbons (Fsp3) is 0.818. The zero-order chi connectivity index (χ0) is 13.3. The minimum absolute atomic E-state index is 0.206. The van der Waals surface area contributed by atoms with Crippen LogP contribution in [0.25, 0.3) is 10.4 Å². The Balaban J connectivity index is 5.31. The zero-order valence-corrected chi connectivity index (χ0v) is 10.6. The van der Waals surface area contributed by atoms with Crippen molar-refractivity contribution in [2.45, 2.75) is 46.5 Å². The third kappa shape index (κ3) is 3.75. The van der Waals surface area contributed by atoms with Crippen LogP contribution < -0.4 is 0 Å². The van der Waals surface area contributed by atoms with E-state index < -0.39 is 17.3 Å². The molecule has 0 unspecified atom stereocenters. The summed E-state index contributed by atoms with van der Waals surface area (Å²) in [6, 6.07) is 0. The predicted molar refractivity (Wildman–Crippen MR) is 63.0 cm³/mol. The normalized spacial score (nSPS) is 10.5. The molecule has 0 aliphatic heterocycles. The topological polar surface area (TPSA) is 92.1 Å². The summed E-state index contributed by atoms with van der Waals surface area (Å²) in [4.78, 5) is 26.3. The van der Waals surface area contributed by atoms with Crippen molar-refractivity contribution in [1.29, 1.82) is 0 Å². The molecule has 6 heteroatoms. The minimum Gasteiger partial charge on any atom is -0.465 e. The van der Waals surface area contributed by atoms with Crippen LogP contribution in [0.1, 0.15) is 46.5 Å². The largest absolute Gasteiger partial charge is 0.465 e. The van der Waals surface area contributed by atoms with Crippen molar-refractivity contribution < 1.29 is 14.3 Å². The lowest BCUT2D eigenvalue weighted by molar-refractivity contribution is -0.161.